The van der Waals surface area contributed by atoms with E-state index in [0.29, 0.717) is 11.9 Å². The molecule has 0 bridgehead atoms. The first-order valence-corrected chi connectivity index (χ1v) is 6.84. The van der Waals surface area contributed by atoms with Gasteiger partial charge in [-0.25, -0.2) is 5.43 Å². The van der Waals surface area contributed by atoms with Crippen molar-refractivity contribution in [2.45, 2.75) is 26.2 Å². The molecule has 2 aliphatic rings. The van der Waals surface area contributed by atoms with Crippen LogP contribution in [0, 0.1) is 12.8 Å². The number of piperidine rings is 1. The molecule has 104 valence electrons. The molecule has 19 heavy (non-hydrogen) atoms. The lowest BCUT2D eigenvalue weighted by molar-refractivity contribution is -0.137. The molecule has 0 spiro atoms. The highest BCUT2D eigenvalue weighted by Crippen LogP contribution is 2.23. The molecule has 2 saturated heterocycles. The Hall–Kier alpha value is -1.63. The number of carbonyl (C=O) groups excluding carboxylic acids is 1. The average molecular weight is 265 g/mol. The van der Waals surface area contributed by atoms with Crippen molar-refractivity contribution in [1.29, 1.82) is 0 Å². The topological polar surface area (TPSA) is 74.5 Å². The fourth-order valence-corrected chi connectivity index (χ4v) is 2.67. The summed E-state index contributed by atoms with van der Waals surface area (Å²) in [6.45, 7) is 5.12. The molecule has 0 unspecified atom stereocenters. The van der Waals surface area contributed by atoms with Gasteiger partial charge in [-0.15, -0.1) is 5.10 Å². The molecular weight excluding hydrogens is 246 g/mol. The molecule has 1 N–H and O–H groups in total. The van der Waals surface area contributed by atoms with Gasteiger partial charge in [0.05, 0.1) is 0 Å². The lowest BCUT2D eigenvalue weighted by Crippen LogP contribution is -2.45. The van der Waals surface area contributed by atoms with E-state index in [2.05, 4.69) is 20.5 Å². The number of aromatic nitrogens is 2. The summed E-state index contributed by atoms with van der Waals surface area (Å²) in [6, 6.07) is 0.572. The summed E-state index contributed by atoms with van der Waals surface area (Å²) >= 11 is 0. The summed E-state index contributed by atoms with van der Waals surface area (Å²) in [5, 5.41) is 9.63. The van der Waals surface area contributed by atoms with Crippen molar-refractivity contribution < 1.29 is 9.21 Å². The fraction of sp³-hybridized carbons (Fsp3) is 0.750. The lowest BCUT2D eigenvalue weighted by Gasteiger charge is -2.31. The fourth-order valence-electron chi connectivity index (χ4n) is 2.67. The van der Waals surface area contributed by atoms with Crippen molar-refractivity contribution >= 4 is 11.9 Å². The second-order valence-corrected chi connectivity index (χ2v) is 5.12. The Morgan fingerprint density at radius 3 is 2.68 bits per heavy atom. The number of nitrogens with one attached hydrogen (secondary N) is 1. The molecule has 1 amide bonds. The minimum Gasteiger partial charge on any atom is -0.408 e. The van der Waals surface area contributed by atoms with Gasteiger partial charge < -0.3 is 9.32 Å². The molecule has 0 saturated carbocycles. The minimum atomic E-state index is 0.117. The quantitative estimate of drug-likeness (QED) is 0.830. The van der Waals surface area contributed by atoms with E-state index in [9.17, 15) is 4.79 Å². The zero-order valence-electron chi connectivity index (χ0n) is 11.1. The molecule has 0 aliphatic carbocycles. The summed E-state index contributed by atoms with van der Waals surface area (Å²) in [5.74, 6) is 0.930. The van der Waals surface area contributed by atoms with Gasteiger partial charge in [0.25, 0.3) is 0 Å². The number of carbonyl (C=O) groups is 1. The van der Waals surface area contributed by atoms with Gasteiger partial charge in [0.2, 0.25) is 11.8 Å². The maximum Gasteiger partial charge on any atom is 0.318 e. The number of anilines is 1. The van der Waals surface area contributed by atoms with Crippen LogP contribution in [0.5, 0.6) is 0 Å². The van der Waals surface area contributed by atoms with Crippen LogP contribution in [-0.4, -0.2) is 47.3 Å². The Kier molecular flexibility index (Phi) is 3.37. The zero-order chi connectivity index (χ0) is 13.2. The van der Waals surface area contributed by atoms with Gasteiger partial charge >= 0.3 is 6.01 Å². The maximum atomic E-state index is 12.2. The Morgan fingerprint density at radius 1 is 1.32 bits per heavy atom. The van der Waals surface area contributed by atoms with Crippen molar-refractivity contribution in [3.63, 3.8) is 0 Å². The van der Waals surface area contributed by atoms with Crippen LogP contribution in [0.1, 0.15) is 25.2 Å². The molecule has 1 aromatic heterocycles. The van der Waals surface area contributed by atoms with Gasteiger partial charge in [-0.1, -0.05) is 5.10 Å². The van der Waals surface area contributed by atoms with Gasteiger partial charge in [-0.05, 0) is 19.3 Å². The number of rotatable bonds is 2. The third kappa shape index (κ3) is 2.56. The Bertz CT molecular complexity index is 447. The van der Waals surface area contributed by atoms with E-state index in [-0.39, 0.29) is 11.8 Å². The highest BCUT2D eigenvalue weighted by molar-refractivity contribution is 5.78. The number of amides is 1. The largest absolute Gasteiger partial charge is 0.408 e. The van der Waals surface area contributed by atoms with E-state index in [0.717, 1.165) is 45.4 Å². The standard InChI is InChI=1S/C12H19N5O2/c1-9-14-15-12(19-9)16-7-3-10(4-8-16)11(18)17-6-2-5-13-17/h10,13H,2-8H2,1H3. The van der Waals surface area contributed by atoms with Crippen molar-refractivity contribution in [2.75, 3.05) is 31.1 Å². The molecule has 7 heteroatoms. The number of hydrogen-bond donors (Lipinski definition) is 1. The zero-order valence-corrected chi connectivity index (χ0v) is 11.1. The monoisotopic (exact) mass is 265 g/mol. The van der Waals surface area contributed by atoms with E-state index in [1.165, 1.54) is 0 Å². The van der Waals surface area contributed by atoms with E-state index < -0.39 is 0 Å². The molecule has 0 aromatic carbocycles. The molecule has 3 rings (SSSR count). The van der Waals surface area contributed by atoms with Gasteiger partial charge in [0.1, 0.15) is 0 Å². The third-order valence-corrected chi connectivity index (χ3v) is 3.76. The maximum absolute atomic E-state index is 12.2. The van der Waals surface area contributed by atoms with Crippen LogP contribution in [0.2, 0.25) is 0 Å². The van der Waals surface area contributed by atoms with E-state index in [1.807, 2.05) is 0 Å². The van der Waals surface area contributed by atoms with Crippen LogP contribution in [-0.2, 0) is 4.79 Å². The smallest absolute Gasteiger partial charge is 0.318 e. The highest BCUT2D eigenvalue weighted by Gasteiger charge is 2.31. The summed E-state index contributed by atoms with van der Waals surface area (Å²) in [5.41, 5.74) is 3.13. The van der Waals surface area contributed by atoms with Crippen molar-refractivity contribution in [3.8, 4) is 0 Å². The predicted molar refractivity (Wildman–Crippen MR) is 68.3 cm³/mol. The van der Waals surface area contributed by atoms with Crippen molar-refractivity contribution in [3.05, 3.63) is 5.89 Å². The first kappa shape index (κ1) is 12.4. The van der Waals surface area contributed by atoms with Crippen LogP contribution in [0.4, 0.5) is 6.01 Å². The SMILES string of the molecule is Cc1nnc(N2CCC(C(=O)N3CCCN3)CC2)o1. The second-order valence-electron chi connectivity index (χ2n) is 5.12. The first-order chi connectivity index (χ1) is 9.24. The number of aryl methyl sites for hydroxylation is 1. The van der Waals surface area contributed by atoms with Crippen LogP contribution >= 0.6 is 0 Å². The molecule has 2 fully saturated rings. The van der Waals surface area contributed by atoms with Gasteiger partial charge in [0, 0.05) is 39.0 Å². The van der Waals surface area contributed by atoms with Crippen LogP contribution < -0.4 is 10.3 Å². The van der Waals surface area contributed by atoms with Gasteiger partial charge in [0.15, 0.2) is 0 Å². The van der Waals surface area contributed by atoms with Gasteiger partial charge in [-0.2, -0.15) is 0 Å². The highest BCUT2D eigenvalue weighted by atomic mass is 16.4. The second kappa shape index (κ2) is 5.16. The average Bonchev–Trinajstić information content (AvgIpc) is 3.09. The predicted octanol–water partition coefficient (Wildman–Crippen LogP) is 0.331. The molecule has 0 radical (unpaired) electrons. The Morgan fingerprint density at radius 2 is 2.11 bits per heavy atom. The van der Waals surface area contributed by atoms with E-state index in [4.69, 9.17) is 4.42 Å². The van der Waals surface area contributed by atoms with Gasteiger partial charge in [-0.3, -0.25) is 9.80 Å². The molecule has 1 aromatic rings. The number of hydrogen-bond acceptors (Lipinski definition) is 6. The molecule has 3 heterocycles. The Labute approximate surface area is 111 Å². The number of hydrazine groups is 1. The Balaban J connectivity index is 1.55. The van der Waals surface area contributed by atoms with Crippen LogP contribution in [0.3, 0.4) is 0 Å². The molecule has 0 atom stereocenters. The first-order valence-electron chi connectivity index (χ1n) is 6.84. The molecule has 7 nitrogen and oxygen atoms in total. The lowest BCUT2D eigenvalue weighted by atomic mass is 9.96. The van der Waals surface area contributed by atoms with E-state index in [1.54, 1.807) is 11.9 Å². The molecule has 2 aliphatic heterocycles. The summed E-state index contributed by atoms with van der Waals surface area (Å²) < 4.78 is 5.41. The van der Waals surface area contributed by atoms with Crippen molar-refractivity contribution in [2.24, 2.45) is 5.92 Å². The summed E-state index contributed by atoms with van der Waals surface area (Å²) in [7, 11) is 0. The van der Waals surface area contributed by atoms with Crippen LogP contribution in [0.15, 0.2) is 4.42 Å². The minimum absolute atomic E-state index is 0.117. The third-order valence-electron chi connectivity index (χ3n) is 3.76. The normalized spacial score (nSPS) is 21.1. The summed E-state index contributed by atoms with van der Waals surface area (Å²) in [6.07, 6.45) is 2.74. The van der Waals surface area contributed by atoms with Crippen molar-refractivity contribution in [1.82, 2.24) is 20.6 Å². The number of nitrogens with zero attached hydrogens (tertiary/aromatic N) is 4. The molecular formula is C12H19N5O2. The van der Waals surface area contributed by atoms with Crippen LogP contribution in [0.25, 0.3) is 0 Å². The van der Waals surface area contributed by atoms with E-state index >= 15 is 0 Å². The summed E-state index contributed by atoms with van der Waals surface area (Å²) in [4.78, 5) is 14.3.